The maximum atomic E-state index is 13.3. The molecule has 0 radical (unpaired) electrons. The third-order valence-corrected chi connectivity index (χ3v) is 4.27. The van der Waals surface area contributed by atoms with Gasteiger partial charge in [-0.1, -0.05) is 6.07 Å². The normalized spacial score (nSPS) is 12.8. The summed E-state index contributed by atoms with van der Waals surface area (Å²) in [7, 11) is 0. The van der Waals surface area contributed by atoms with Gasteiger partial charge in [-0.2, -0.15) is 0 Å². The second-order valence-electron chi connectivity index (χ2n) is 6.12. The van der Waals surface area contributed by atoms with Gasteiger partial charge in [0.15, 0.2) is 11.5 Å². The van der Waals surface area contributed by atoms with Crippen molar-refractivity contribution in [2.75, 3.05) is 13.2 Å². The largest absolute Gasteiger partial charge is 0.486 e. The van der Waals surface area contributed by atoms with E-state index in [1.165, 1.54) is 12.1 Å². The smallest absolute Gasteiger partial charge is 0.253 e. The van der Waals surface area contributed by atoms with Crippen molar-refractivity contribution in [1.82, 2.24) is 10.3 Å². The number of pyridine rings is 1. The summed E-state index contributed by atoms with van der Waals surface area (Å²) < 4.78 is 24.4. The van der Waals surface area contributed by atoms with Crippen molar-refractivity contribution in [3.8, 4) is 11.5 Å². The fourth-order valence-corrected chi connectivity index (χ4v) is 2.94. The van der Waals surface area contributed by atoms with E-state index in [1.807, 2.05) is 18.2 Å². The van der Waals surface area contributed by atoms with E-state index in [1.54, 1.807) is 19.1 Å². The van der Waals surface area contributed by atoms with Gasteiger partial charge in [-0.3, -0.25) is 9.78 Å². The predicted molar refractivity (Wildman–Crippen MR) is 95.0 cm³/mol. The Hall–Kier alpha value is -3.15. The molecule has 3 aromatic rings. The molecule has 6 heteroatoms. The molecule has 1 aromatic heterocycles. The number of ether oxygens (including phenoxy) is 2. The zero-order valence-corrected chi connectivity index (χ0v) is 14.2. The van der Waals surface area contributed by atoms with Crippen molar-refractivity contribution in [1.29, 1.82) is 0 Å². The van der Waals surface area contributed by atoms with Gasteiger partial charge in [-0.25, -0.2) is 4.39 Å². The van der Waals surface area contributed by atoms with Crippen LogP contribution in [0.15, 0.2) is 42.5 Å². The molecule has 5 nitrogen and oxygen atoms in total. The molecule has 1 amide bonds. The van der Waals surface area contributed by atoms with Crippen LogP contribution in [0.5, 0.6) is 11.5 Å². The van der Waals surface area contributed by atoms with Crippen LogP contribution in [0.1, 0.15) is 21.6 Å². The molecular weight excluding hydrogens is 335 g/mol. The van der Waals surface area contributed by atoms with Crippen molar-refractivity contribution in [3.05, 3.63) is 65.1 Å². The molecule has 2 heterocycles. The molecule has 0 spiro atoms. The van der Waals surface area contributed by atoms with Gasteiger partial charge in [-0.15, -0.1) is 0 Å². The highest BCUT2D eigenvalue weighted by molar-refractivity contribution is 5.98. The molecule has 4 rings (SSSR count). The number of benzene rings is 2. The number of carbonyl (C=O) groups excluding carboxylic acids is 1. The Morgan fingerprint density at radius 1 is 1.12 bits per heavy atom. The van der Waals surface area contributed by atoms with Crippen LogP contribution in [0, 0.1) is 12.7 Å². The lowest BCUT2D eigenvalue weighted by molar-refractivity contribution is 0.0950. The summed E-state index contributed by atoms with van der Waals surface area (Å²) in [5.41, 5.74) is 2.48. The molecule has 1 N–H and O–H groups in total. The highest BCUT2D eigenvalue weighted by Crippen LogP contribution is 2.30. The molecule has 1 aliphatic rings. The molecule has 0 unspecified atom stereocenters. The maximum Gasteiger partial charge on any atom is 0.253 e. The Balaban J connectivity index is 1.52. The molecule has 0 atom stereocenters. The number of rotatable bonds is 3. The number of aryl methyl sites for hydroxylation is 1. The summed E-state index contributed by atoms with van der Waals surface area (Å²) in [4.78, 5) is 16.9. The Morgan fingerprint density at radius 2 is 1.92 bits per heavy atom. The third kappa shape index (κ3) is 3.18. The summed E-state index contributed by atoms with van der Waals surface area (Å²) in [5, 5.41) is 3.61. The van der Waals surface area contributed by atoms with Crippen LogP contribution in [0.2, 0.25) is 0 Å². The monoisotopic (exact) mass is 352 g/mol. The summed E-state index contributed by atoms with van der Waals surface area (Å²) in [6.45, 7) is 3.16. The van der Waals surface area contributed by atoms with E-state index in [-0.39, 0.29) is 11.7 Å². The van der Waals surface area contributed by atoms with E-state index < -0.39 is 0 Å². The van der Waals surface area contributed by atoms with Crippen LogP contribution in [0.4, 0.5) is 4.39 Å². The Morgan fingerprint density at radius 3 is 2.77 bits per heavy atom. The first-order valence-corrected chi connectivity index (χ1v) is 8.34. The fourth-order valence-electron chi connectivity index (χ4n) is 2.94. The van der Waals surface area contributed by atoms with Crippen LogP contribution >= 0.6 is 0 Å². The average molecular weight is 352 g/mol. The summed E-state index contributed by atoms with van der Waals surface area (Å²) in [6, 6.07) is 11.7. The highest BCUT2D eigenvalue weighted by Gasteiger charge is 2.14. The Bertz CT molecular complexity index is 1000. The third-order valence-electron chi connectivity index (χ3n) is 4.27. The van der Waals surface area contributed by atoms with Crippen molar-refractivity contribution < 1.29 is 18.7 Å². The first-order chi connectivity index (χ1) is 12.6. The fraction of sp³-hybridized carbons (Fsp3) is 0.200. The number of carbonyl (C=O) groups is 1. The zero-order chi connectivity index (χ0) is 18.1. The lowest BCUT2D eigenvalue weighted by atomic mass is 10.1. The molecule has 2 aromatic carbocycles. The minimum atomic E-state index is -0.347. The molecule has 0 bridgehead atoms. The SMILES string of the molecule is Cc1nc2cc(F)ccc2cc1C(=O)NCc1ccc2c(c1)OCCO2. The number of aromatic nitrogens is 1. The summed E-state index contributed by atoms with van der Waals surface area (Å²) >= 11 is 0. The average Bonchev–Trinajstić information content (AvgIpc) is 2.65. The maximum absolute atomic E-state index is 13.3. The van der Waals surface area contributed by atoms with E-state index in [0.29, 0.717) is 48.0 Å². The van der Waals surface area contributed by atoms with Crippen LogP contribution in [-0.2, 0) is 6.54 Å². The van der Waals surface area contributed by atoms with Crippen LogP contribution in [0.3, 0.4) is 0 Å². The van der Waals surface area contributed by atoms with E-state index in [2.05, 4.69) is 10.3 Å². The number of hydrogen-bond donors (Lipinski definition) is 1. The first-order valence-electron chi connectivity index (χ1n) is 8.34. The van der Waals surface area contributed by atoms with Crippen molar-refractivity contribution in [2.24, 2.45) is 0 Å². The Kier molecular flexibility index (Phi) is 4.16. The molecule has 0 saturated heterocycles. The van der Waals surface area contributed by atoms with Crippen LogP contribution in [0.25, 0.3) is 10.9 Å². The molecular formula is C20H17FN2O3. The van der Waals surface area contributed by atoms with E-state index >= 15 is 0 Å². The molecule has 0 aliphatic carbocycles. The van der Waals surface area contributed by atoms with Gasteiger partial charge in [0.05, 0.1) is 16.8 Å². The topological polar surface area (TPSA) is 60.5 Å². The van der Waals surface area contributed by atoms with Crippen molar-refractivity contribution in [2.45, 2.75) is 13.5 Å². The van der Waals surface area contributed by atoms with Crippen LogP contribution in [-0.4, -0.2) is 24.1 Å². The first kappa shape index (κ1) is 16.3. The van der Waals surface area contributed by atoms with Gasteiger partial charge in [-0.05, 0) is 42.8 Å². The quantitative estimate of drug-likeness (QED) is 0.785. The van der Waals surface area contributed by atoms with Gasteiger partial charge in [0.25, 0.3) is 5.91 Å². The molecule has 0 fully saturated rings. The summed E-state index contributed by atoms with van der Waals surface area (Å²) in [6.07, 6.45) is 0. The molecule has 0 saturated carbocycles. The second kappa shape index (κ2) is 6.63. The predicted octanol–water partition coefficient (Wildman–Crippen LogP) is 3.38. The number of nitrogens with one attached hydrogen (secondary N) is 1. The van der Waals surface area contributed by atoms with Gasteiger partial charge < -0.3 is 14.8 Å². The Labute approximate surface area is 149 Å². The second-order valence-corrected chi connectivity index (χ2v) is 6.12. The number of fused-ring (bicyclic) bond motifs is 2. The number of halogens is 1. The molecule has 1 aliphatic heterocycles. The minimum absolute atomic E-state index is 0.226. The lowest BCUT2D eigenvalue weighted by Crippen LogP contribution is -2.24. The molecule has 132 valence electrons. The van der Waals surface area contributed by atoms with Crippen molar-refractivity contribution in [3.63, 3.8) is 0 Å². The summed E-state index contributed by atoms with van der Waals surface area (Å²) in [5.74, 6) is 0.832. The van der Waals surface area contributed by atoms with E-state index in [4.69, 9.17) is 9.47 Å². The molecule has 26 heavy (non-hydrogen) atoms. The standard InChI is InChI=1S/C20H17FN2O3/c1-12-16(9-14-3-4-15(21)10-17(14)23-12)20(24)22-11-13-2-5-18-19(8-13)26-7-6-25-18/h2-5,8-10H,6-7,11H2,1H3,(H,22,24). The van der Waals surface area contributed by atoms with Gasteiger partial charge in [0.1, 0.15) is 19.0 Å². The van der Waals surface area contributed by atoms with Gasteiger partial charge in [0.2, 0.25) is 0 Å². The van der Waals surface area contributed by atoms with E-state index in [0.717, 1.165) is 10.9 Å². The van der Waals surface area contributed by atoms with Gasteiger partial charge in [0, 0.05) is 18.0 Å². The number of nitrogens with zero attached hydrogens (tertiary/aromatic N) is 1. The van der Waals surface area contributed by atoms with Gasteiger partial charge >= 0.3 is 0 Å². The van der Waals surface area contributed by atoms with Crippen molar-refractivity contribution >= 4 is 16.8 Å². The number of amides is 1. The van der Waals surface area contributed by atoms with E-state index in [9.17, 15) is 9.18 Å². The minimum Gasteiger partial charge on any atom is -0.486 e. The lowest BCUT2D eigenvalue weighted by Gasteiger charge is -2.19. The van der Waals surface area contributed by atoms with Crippen LogP contribution < -0.4 is 14.8 Å². The number of hydrogen-bond acceptors (Lipinski definition) is 4. The zero-order valence-electron chi connectivity index (χ0n) is 14.2. The highest BCUT2D eigenvalue weighted by atomic mass is 19.1.